The Morgan fingerprint density at radius 1 is 1.26 bits per heavy atom. The van der Waals surface area contributed by atoms with Crippen LogP contribution in [0.15, 0.2) is 42.5 Å². The van der Waals surface area contributed by atoms with Crippen molar-refractivity contribution in [3.05, 3.63) is 53.6 Å². The second kappa shape index (κ2) is 8.56. The van der Waals surface area contributed by atoms with Gasteiger partial charge in [-0.2, -0.15) is 5.26 Å². The summed E-state index contributed by atoms with van der Waals surface area (Å²) in [7, 11) is 3.27. The van der Waals surface area contributed by atoms with Crippen LogP contribution in [-0.4, -0.2) is 38.1 Å². The molecule has 140 valence electrons. The molecule has 0 aliphatic carbocycles. The molecule has 2 aromatic carbocycles. The van der Waals surface area contributed by atoms with Crippen LogP contribution in [0.25, 0.3) is 0 Å². The summed E-state index contributed by atoms with van der Waals surface area (Å²) in [6, 6.07) is 15.0. The summed E-state index contributed by atoms with van der Waals surface area (Å²) in [5.74, 6) is 1.38. The number of nitriles is 1. The molecule has 2 aromatic rings. The zero-order valence-electron chi connectivity index (χ0n) is 15.6. The van der Waals surface area contributed by atoms with E-state index >= 15 is 0 Å². The van der Waals surface area contributed by atoms with E-state index in [-0.39, 0.29) is 18.5 Å². The van der Waals surface area contributed by atoms with Crippen LogP contribution < -0.4 is 14.8 Å². The van der Waals surface area contributed by atoms with Crippen LogP contribution in [0.5, 0.6) is 11.5 Å². The van der Waals surface area contributed by atoms with Gasteiger partial charge in [0.05, 0.1) is 32.0 Å². The average molecular weight is 365 g/mol. The molecule has 1 aliphatic heterocycles. The van der Waals surface area contributed by atoms with E-state index in [2.05, 4.69) is 16.3 Å². The number of benzene rings is 2. The van der Waals surface area contributed by atoms with E-state index in [1.165, 1.54) is 0 Å². The van der Waals surface area contributed by atoms with Gasteiger partial charge in [-0.1, -0.05) is 18.2 Å². The van der Waals surface area contributed by atoms with Gasteiger partial charge in [-0.05, 0) is 37.6 Å². The number of methoxy groups -OCH3 is 2. The Labute approximate surface area is 159 Å². The van der Waals surface area contributed by atoms with Crippen LogP contribution in [0.4, 0.5) is 5.69 Å². The van der Waals surface area contributed by atoms with Gasteiger partial charge in [0, 0.05) is 17.7 Å². The van der Waals surface area contributed by atoms with Crippen molar-refractivity contribution in [3.63, 3.8) is 0 Å². The predicted molar refractivity (Wildman–Crippen MR) is 103 cm³/mol. The number of hydrogen-bond acceptors (Lipinski definition) is 5. The zero-order valence-corrected chi connectivity index (χ0v) is 15.6. The highest BCUT2D eigenvalue weighted by Crippen LogP contribution is 2.38. The third-order valence-electron chi connectivity index (χ3n) is 4.83. The number of nitrogens with one attached hydrogen (secondary N) is 1. The van der Waals surface area contributed by atoms with Crippen molar-refractivity contribution in [1.29, 1.82) is 5.26 Å². The fraction of sp³-hybridized carbons (Fsp3) is 0.333. The number of carbonyl (C=O) groups excluding carboxylic acids is 1. The monoisotopic (exact) mass is 365 g/mol. The van der Waals surface area contributed by atoms with Gasteiger partial charge < -0.3 is 14.8 Å². The van der Waals surface area contributed by atoms with Gasteiger partial charge in [0.25, 0.3) is 0 Å². The topological polar surface area (TPSA) is 74.6 Å². The van der Waals surface area contributed by atoms with Gasteiger partial charge in [0.1, 0.15) is 17.6 Å². The molecule has 1 aliphatic rings. The summed E-state index contributed by atoms with van der Waals surface area (Å²) in [5.41, 5.74) is 2.06. The molecule has 0 bridgehead atoms. The Kier molecular flexibility index (Phi) is 5.94. The minimum Gasteiger partial charge on any atom is -0.497 e. The third kappa shape index (κ3) is 4.21. The molecule has 6 nitrogen and oxygen atoms in total. The Morgan fingerprint density at radius 2 is 2.07 bits per heavy atom. The summed E-state index contributed by atoms with van der Waals surface area (Å²) in [6.45, 7) is 1.10. The number of rotatable bonds is 6. The van der Waals surface area contributed by atoms with Crippen molar-refractivity contribution < 1.29 is 14.3 Å². The van der Waals surface area contributed by atoms with Gasteiger partial charge in [-0.3, -0.25) is 9.69 Å². The fourth-order valence-corrected chi connectivity index (χ4v) is 3.53. The first-order valence-electron chi connectivity index (χ1n) is 8.91. The Bertz CT molecular complexity index is 860. The maximum atomic E-state index is 12.6. The molecule has 3 rings (SSSR count). The van der Waals surface area contributed by atoms with Crippen molar-refractivity contribution in [2.24, 2.45) is 0 Å². The highest BCUT2D eigenvalue weighted by atomic mass is 16.5. The van der Waals surface area contributed by atoms with Gasteiger partial charge in [0.15, 0.2) is 0 Å². The van der Waals surface area contributed by atoms with Gasteiger partial charge in [-0.15, -0.1) is 0 Å². The summed E-state index contributed by atoms with van der Waals surface area (Å²) in [6.07, 6.45) is 1.98. The second-order valence-electron chi connectivity index (χ2n) is 6.44. The van der Waals surface area contributed by atoms with E-state index in [4.69, 9.17) is 9.47 Å². The molecule has 1 atom stereocenters. The maximum Gasteiger partial charge on any atom is 0.238 e. The highest BCUT2D eigenvalue weighted by molar-refractivity contribution is 5.93. The van der Waals surface area contributed by atoms with E-state index in [0.717, 1.165) is 36.4 Å². The first kappa shape index (κ1) is 18.7. The van der Waals surface area contributed by atoms with Crippen molar-refractivity contribution in [2.75, 3.05) is 32.6 Å². The number of likely N-dealkylation sites (tertiary alicyclic amines) is 1. The van der Waals surface area contributed by atoms with Crippen LogP contribution in [-0.2, 0) is 4.79 Å². The lowest BCUT2D eigenvalue weighted by molar-refractivity contribution is -0.117. The van der Waals surface area contributed by atoms with Gasteiger partial charge >= 0.3 is 0 Å². The maximum absolute atomic E-state index is 12.6. The lowest BCUT2D eigenvalue weighted by Crippen LogP contribution is -2.33. The van der Waals surface area contributed by atoms with Gasteiger partial charge in [-0.25, -0.2) is 0 Å². The summed E-state index contributed by atoms with van der Waals surface area (Å²) in [4.78, 5) is 14.7. The minimum atomic E-state index is -0.128. The third-order valence-corrected chi connectivity index (χ3v) is 4.83. The molecule has 0 saturated carbocycles. The highest BCUT2D eigenvalue weighted by Gasteiger charge is 2.30. The van der Waals surface area contributed by atoms with Crippen molar-refractivity contribution in [2.45, 2.75) is 18.9 Å². The smallest absolute Gasteiger partial charge is 0.238 e. The van der Waals surface area contributed by atoms with E-state index in [9.17, 15) is 10.1 Å². The molecule has 0 unspecified atom stereocenters. The molecule has 1 fully saturated rings. The normalized spacial score (nSPS) is 16.6. The molecule has 1 heterocycles. The molecule has 1 saturated heterocycles. The Hall–Kier alpha value is -3.04. The minimum absolute atomic E-state index is 0.114. The summed E-state index contributed by atoms with van der Waals surface area (Å²) < 4.78 is 10.8. The molecule has 1 amide bonds. The van der Waals surface area contributed by atoms with Crippen LogP contribution in [0.3, 0.4) is 0 Å². The zero-order chi connectivity index (χ0) is 19.2. The van der Waals surface area contributed by atoms with Crippen LogP contribution >= 0.6 is 0 Å². The molecule has 1 N–H and O–H groups in total. The standard InChI is InChI=1S/C21H23N3O3/c1-26-16-9-10-17(20(12-16)27-2)19-8-5-11-24(19)14-21(25)23-18-7-4-3-6-15(18)13-22/h3-4,6-7,9-10,12,19H,5,8,11,14H2,1-2H3,(H,23,25)/t19-/m0/s1. The van der Waals surface area contributed by atoms with E-state index < -0.39 is 0 Å². The number of ether oxygens (including phenoxy) is 2. The molecule has 6 heteroatoms. The number of carbonyl (C=O) groups is 1. The molecular weight excluding hydrogens is 342 g/mol. The van der Waals surface area contributed by atoms with E-state index in [1.54, 1.807) is 38.5 Å². The first-order valence-corrected chi connectivity index (χ1v) is 8.91. The van der Waals surface area contributed by atoms with Crippen molar-refractivity contribution >= 4 is 11.6 Å². The number of nitrogens with zero attached hydrogens (tertiary/aromatic N) is 2. The van der Waals surface area contributed by atoms with Gasteiger partial charge in [0.2, 0.25) is 5.91 Å². The first-order chi connectivity index (χ1) is 13.2. The Balaban J connectivity index is 1.73. The fourth-order valence-electron chi connectivity index (χ4n) is 3.53. The lowest BCUT2D eigenvalue weighted by atomic mass is 10.0. The predicted octanol–water partition coefficient (Wildman–Crippen LogP) is 3.35. The van der Waals surface area contributed by atoms with Crippen molar-refractivity contribution in [3.8, 4) is 17.6 Å². The SMILES string of the molecule is COc1ccc([C@@H]2CCCN2CC(=O)Nc2ccccc2C#N)c(OC)c1. The molecule has 0 spiro atoms. The molecule has 27 heavy (non-hydrogen) atoms. The van der Waals surface area contributed by atoms with Crippen LogP contribution in [0, 0.1) is 11.3 Å². The molecule has 0 aromatic heterocycles. The quantitative estimate of drug-likeness (QED) is 0.850. The molecule has 0 radical (unpaired) electrons. The lowest BCUT2D eigenvalue weighted by Gasteiger charge is -2.26. The average Bonchev–Trinajstić information content (AvgIpc) is 3.15. The van der Waals surface area contributed by atoms with Crippen LogP contribution in [0.1, 0.15) is 30.0 Å². The van der Waals surface area contributed by atoms with E-state index in [0.29, 0.717) is 11.3 Å². The van der Waals surface area contributed by atoms with Crippen LogP contribution in [0.2, 0.25) is 0 Å². The Morgan fingerprint density at radius 3 is 2.81 bits per heavy atom. The summed E-state index contributed by atoms with van der Waals surface area (Å²) >= 11 is 0. The van der Waals surface area contributed by atoms with E-state index in [1.807, 2.05) is 18.2 Å². The number of anilines is 1. The largest absolute Gasteiger partial charge is 0.497 e. The summed E-state index contributed by atoms with van der Waals surface area (Å²) in [5, 5.41) is 12.0. The molecular formula is C21H23N3O3. The van der Waals surface area contributed by atoms with Crippen molar-refractivity contribution in [1.82, 2.24) is 4.90 Å². The number of hydrogen-bond donors (Lipinski definition) is 1. The number of para-hydroxylation sites is 1. The number of amides is 1. The second-order valence-corrected chi connectivity index (χ2v) is 6.44.